The molecule has 35 heavy (non-hydrogen) atoms. The molecule has 0 unspecified atom stereocenters. The number of halogens is 7. The molecule has 0 spiro atoms. The first-order valence-corrected chi connectivity index (χ1v) is 10.6. The normalized spacial score (nSPS) is 13.0. The fourth-order valence-corrected chi connectivity index (χ4v) is 3.33. The van der Waals surface area contributed by atoms with Crippen molar-refractivity contribution in [3.05, 3.63) is 99.8 Å². The fourth-order valence-electron chi connectivity index (χ4n) is 2.85. The predicted molar refractivity (Wildman–Crippen MR) is 123 cm³/mol. The van der Waals surface area contributed by atoms with Crippen molar-refractivity contribution in [1.82, 2.24) is 0 Å². The minimum absolute atomic E-state index is 0.0839. The molecule has 3 rings (SSSR count). The van der Waals surface area contributed by atoms with E-state index in [2.05, 4.69) is 25.7 Å². The van der Waals surface area contributed by atoms with Crippen LogP contribution in [0.3, 0.4) is 0 Å². The van der Waals surface area contributed by atoms with Crippen molar-refractivity contribution >= 4 is 33.4 Å². The standard InChI is InChI=1S/C24H17BrF6N2O2/c25-20-12-17(23(26,27)28)8-11-21(20)33-13-19(22(32)34-14-15-4-2-1-3-5-15)16-6-9-18(10-7-16)35-24(29,30)31/h1-13H,14,32H2. The summed E-state index contributed by atoms with van der Waals surface area (Å²) < 4.78 is 85.8. The molecule has 0 saturated heterocycles. The second-order valence-electron chi connectivity index (χ2n) is 7.05. The fraction of sp³-hybridized carbons (Fsp3) is 0.125. The molecule has 0 saturated carbocycles. The number of rotatable bonds is 7. The highest BCUT2D eigenvalue weighted by Gasteiger charge is 2.31. The Hall–Kier alpha value is -3.47. The Kier molecular flexibility index (Phi) is 8.11. The first-order valence-electron chi connectivity index (χ1n) is 9.86. The lowest BCUT2D eigenvalue weighted by atomic mass is 10.1. The highest BCUT2D eigenvalue weighted by Crippen LogP contribution is 2.35. The van der Waals surface area contributed by atoms with Crippen molar-refractivity contribution in [3.8, 4) is 5.75 Å². The predicted octanol–water partition coefficient (Wildman–Crippen LogP) is 7.61. The van der Waals surface area contributed by atoms with E-state index < -0.39 is 23.9 Å². The second-order valence-corrected chi connectivity index (χ2v) is 7.90. The Bertz CT molecular complexity index is 1210. The quantitative estimate of drug-likeness (QED) is 0.184. The van der Waals surface area contributed by atoms with Gasteiger partial charge in [-0.3, -0.25) is 4.99 Å². The summed E-state index contributed by atoms with van der Waals surface area (Å²) in [6.07, 6.45) is -8.12. The number of nitrogens with two attached hydrogens (primary N) is 1. The Morgan fingerprint density at radius 1 is 0.914 bits per heavy atom. The lowest BCUT2D eigenvalue weighted by Crippen LogP contribution is -2.17. The van der Waals surface area contributed by atoms with Gasteiger partial charge in [0, 0.05) is 10.7 Å². The van der Waals surface area contributed by atoms with Crippen LogP contribution in [-0.4, -0.2) is 12.6 Å². The molecule has 0 bridgehead atoms. The summed E-state index contributed by atoms with van der Waals surface area (Å²) in [6.45, 7) is 0.100. The number of hydrogen-bond acceptors (Lipinski definition) is 4. The van der Waals surface area contributed by atoms with Crippen molar-refractivity contribution in [2.45, 2.75) is 19.1 Å². The van der Waals surface area contributed by atoms with Crippen LogP contribution in [0.1, 0.15) is 16.7 Å². The van der Waals surface area contributed by atoms with Gasteiger partial charge in [-0.25, -0.2) is 0 Å². The largest absolute Gasteiger partial charge is 0.573 e. The first-order chi connectivity index (χ1) is 16.4. The number of ether oxygens (including phenoxy) is 2. The van der Waals surface area contributed by atoms with Gasteiger partial charge in [0.2, 0.25) is 0 Å². The van der Waals surface area contributed by atoms with Crippen molar-refractivity contribution in [1.29, 1.82) is 0 Å². The molecule has 11 heteroatoms. The number of hydrogen-bond donors (Lipinski definition) is 1. The Morgan fingerprint density at radius 2 is 1.57 bits per heavy atom. The van der Waals surface area contributed by atoms with Crippen molar-refractivity contribution in [2.24, 2.45) is 10.7 Å². The average Bonchev–Trinajstić information content (AvgIpc) is 2.78. The maximum atomic E-state index is 12.9. The van der Waals surface area contributed by atoms with Gasteiger partial charge in [0.25, 0.3) is 0 Å². The van der Waals surface area contributed by atoms with E-state index in [1.807, 2.05) is 30.3 Å². The van der Waals surface area contributed by atoms with E-state index in [1.54, 1.807) is 0 Å². The Balaban J connectivity index is 1.93. The van der Waals surface area contributed by atoms with Gasteiger partial charge in [0.15, 0.2) is 5.88 Å². The van der Waals surface area contributed by atoms with Crippen LogP contribution >= 0.6 is 15.9 Å². The monoisotopic (exact) mass is 558 g/mol. The van der Waals surface area contributed by atoms with E-state index in [-0.39, 0.29) is 28.2 Å². The van der Waals surface area contributed by atoms with Crippen molar-refractivity contribution < 1.29 is 35.8 Å². The molecule has 0 aliphatic heterocycles. The number of aliphatic imine (C=N–C) groups is 1. The molecule has 3 aromatic rings. The van der Waals surface area contributed by atoms with Gasteiger partial charge < -0.3 is 15.2 Å². The maximum Gasteiger partial charge on any atom is 0.573 e. The molecular weight excluding hydrogens is 542 g/mol. The first kappa shape index (κ1) is 26.1. The van der Waals surface area contributed by atoms with Gasteiger partial charge in [-0.05, 0) is 57.4 Å². The lowest BCUT2D eigenvalue weighted by molar-refractivity contribution is -0.274. The molecule has 0 fully saturated rings. The smallest absolute Gasteiger partial charge is 0.474 e. The number of benzene rings is 3. The van der Waals surface area contributed by atoms with Crippen LogP contribution in [0.5, 0.6) is 5.75 Å². The highest BCUT2D eigenvalue weighted by atomic mass is 79.9. The van der Waals surface area contributed by atoms with Crippen LogP contribution in [0.2, 0.25) is 0 Å². The van der Waals surface area contributed by atoms with Crippen molar-refractivity contribution in [2.75, 3.05) is 0 Å². The molecule has 184 valence electrons. The highest BCUT2D eigenvalue weighted by molar-refractivity contribution is 9.10. The van der Waals surface area contributed by atoms with Crippen molar-refractivity contribution in [3.63, 3.8) is 0 Å². The van der Waals surface area contributed by atoms with Gasteiger partial charge in [-0.15, -0.1) is 13.2 Å². The van der Waals surface area contributed by atoms with E-state index in [0.29, 0.717) is 5.56 Å². The zero-order valence-corrected chi connectivity index (χ0v) is 19.3. The van der Waals surface area contributed by atoms with E-state index in [0.717, 1.165) is 29.8 Å². The summed E-state index contributed by atoms with van der Waals surface area (Å²) in [5.41, 5.74) is 6.78. The third kappa shape index (κ3) is 7.78. The molecule has 0 atom stereocenters. The summed E-state index contributed by atoms with van der Waals surface area (Å²) in [5, 5.41) is 0. The SMILES string of the molecule is NC(OCc1ccccc1)=C(C=Nc1ccc(C(F)(F)F)cc1Br)c1ccc(OC(F)(F)F)cc1. The second kappa shape index (κ2) is 10.9. The Labute approximate surface area is 204 Å². The van der Waals surface area contributed by atoms with E-state index in [4.69, 9.17) is 10.5 Å². The van der Waals surface area contributed by atoms with Crippen LogP contribution < -0.4 is 10.5 Å². The molecule has 0 amide bonds. The zero-order valence-electron chi connectivity index (χ0n) is 17.7. The molecule has 0 aliphatic rings. The van der Waals surface area contributed by atoms with Crippen LogP contribution in [0.4, 0.5) is 32.0 Å². The summed E-state index contributed by atoms with van der Waals surface area (Å²) in [4.78, 5) is 4.20. The van der Waals surface area contributed by atoms with Gasteiger partial charge in [0.1, 0.15) is 12.4 Å². The minimum Gasteiger partial charge on any atom is -0.474 e. The van der Waals surface area contributed by atoms with Gasteiger partial charge in [-0.1, -0.05) is 42.5 Å². The molecule has 0 aliphatic carbocycles. The average molecular weight is 559 g/mol. The topological polar surface area (TPSA) is 56.8 Å². The number of allylic oxidation sites excluding steroid dienone is 1. The summed E-state index contributed by atoms with van der Waals surface area (Å²) in [7, 11) is 0. The van der Waals surface area contributed by atoms with E-state index in [9.17, 15) is 26.3 Å². The lowest BCUT2D eigenvalue weighted by Gasteiger charge is -2.13. The van der Waals surface area contributed by atoms with Gasteiger partial charge in [0.05, 0.1) is 16.8 Å². The minimum atomic E-state index is -4.85. The Morgan fingerprint density at radius 3 is 2.14 bits per heavy atom. The molecule has 0 heterocycles. The van der Waals surface area contributed by atoms with Gasteiger partial charge in [-0.2, -0.15) is 13.2 Å². The summed E-state index contributed by atoms with van der Waals surface area (Å²) >= 11 is 3.07. The zero-order chi connectivity index (χ0) is 25.6. The maximum absolute atomic E-state index is 12.9. The molecule has 2 N–H and O–H groups in total. The summed E-state index contributed by atoms with van der Waals surface area (Å²) in [6, 6.07) is 16.8. The van der Waals surface area contributed by atoms with Crippen LogP contribution in [0.15, 0.2) is 88.1 Å². The molecule has 0 aromatic heterocycles. The third-order valence-corrected chi connectivity index (χ3v) is 5.14. The van der Waals surface area contributed by atoms with Crippen LogP contribution in [0, 0.1) is 0 Å². The number of alkyl halides is 6. The third-order valence-electron chi connectivity index (χ3n) is 4.51. The van der Waals surface area contributed by atoms with Crippen LogP contribution in [0.25, 0.3) is 5.57 Å². The van der Waals surface area contributed by atoms with E-state index in [1.165, 1.54) is 24.4 Å². The van der Waals surface area contributed by atoms with Gasteiger partial charge >= 0.3 is 12.5 Å². The van der Waals surface area contributed by atoms with Crippen LogP contribution in [-0.2, 0) is 17.5 Å². The van der Waals surface area contributed by atoms with E-state index >= 15 is 0 Å². The summed E-state index contributed by atoms with van der Waals surface area (Å²) in [5.74, 6) is -0.531. The molecule has 4 nitrogen and oxygen atoms in total. The number of nitrogens with zero attached hydrogens (tertiary/aromatic N) is 1. The molecule has 3 aromatic carbocycles. The molecular formula is C24H17BrF6N2O2. The molecule has 0 radical (unpaired) electrons.